The van der Waals surface area contributed by atoms with Crippen LogP contribution in [0, 0.1) is 0 Å². The smallest absolute Gasteiger partial charge is 0.183 e. The van der Waals surface area contributed by atoms with Gasteiger partial charge in [0.2, 0.25) is 0 Å². The zero-order chi connectivity index (χ0) is 11.7. The van der Waals surface area contributed by atoms with Crippen LogP contribution in [-0.4, -0.2) is 27.3 Å². The van der Waals surface area contributed by atoms with E-state index in [1.165, 1.54) is 18.6 Å². The lowest BCUT2D eigenvalue weighted by atomic mass is 10.1. The number of nitrogens with one attached hydrogen (secondary N) is 1. The fourth-order valence-corrected chi connectivity index (χ4v) is 2.23. The summed E-state index contributed by atoms with van der Waals surface area (Å²) in [7, 11) is 0. The molecule has 1 N–H and O–H groups in total. The molecule has 5 heteroatoms. The first-order valence-corrected chi connectivity index (χ1v) is 6.00. The highest BCUT2D eigenvalue weighted by Gasteiger charge is 2.16. The van der Waals surface area contributed by atoms with E-state index in [0.717, 1.165) is 31.7 Å². The molecule has 1 aliphatic rings. The van der Waals surface area contributed by atoms with Gasteiger partial charge >= 0.3 is 0 Å². The quantitative estimate of drug-likeness (QED) is 0.846. The van der Waals surface area contributed by atoms with Gasteiger partial charge in [0.15, 0.2) is 11.1 Å². The molecule has 0 spiro atoms. The van der Waals surface area contributed by atoms with Gasteiger partial charge in [-0.2, -0.15) is 0 Å². The summed E-state index contributed by atoms with van der Waals surface area (Å²) in [4.78, 5) is 15.6. The standard InChI is InChI=1S/C12H15N3O2/c16-9-4-5-15-12(7-9)13-11(14-15)8-10-3-1-2-6-17-10/h4-5,7,10H,1-3,6,8H2,(H,13,14). The SMILES string of the molecule is O=c1ccn2[nH]c(CC3CCCCO3)nc2c1. The zero-order valence-corrected chi connectivity index (χ0v) is 9.56. The first-order chi connectivity index (χ1) is 8.31. The van der Waals surface area contributed by atoms with Crippen LogP contribution in [-0.2, 0) is 11.2 Å². The second-order valence-corrected chi connectivity index (χ2v) is 4.45. The predicted molar refractivity (Wildman–Crippen MR) is 63.1 cm³/mol. The molecule has 3 rings (SSSR count). The molecule has 17 heavy (non-hydrogen) atoms. The number of aromatic amines is 1. The van der Waals surface area contributed by atoms with Gasteiger partial charge in [0.25, 0.3) is 0 Å². The number of fused-ring (bicyclic) bond motifs is 1. The molecule has 0 radical (unpaired) electrons. The lowest BCUT2D eigenvalue weighted by Gasteiger charge is -2.21. The Morgan fingerprint density at radius 2 is 2.47 bits per heavy atom. The summed E-state index contributed by atoms with van der Waals surface area (Å²) in [6.07, 6.45) is 6.23. The molecule has 90 valence electrons. The molecule has 0 aromatic carbocycles. The van der Waals surface area contributed by atoms with Gasteiger partial charge in [0.05, 0.1) is 6.10 Å². The molecule has 1 saturated heterocycles. The van der Waals surface area contributed by atoms with Gasteiger partial charge in [-0.05, 0) is 19.3 Å². The van der Waals surface area contributed by atoms with Crippen molar-refractivity contribution in [2.45, 2.75) is 31.8 Å². The van der Waals surface area contributed by atoms with E-state index in [-0.39, 0.29) is 11.5 Å². The predicted octanol–water partition coefficient (Wildman–Crippen LogP) is 1.13. The van der Waals surface area contributed by atoms with Crippen LogP contribution >= 0.6 is 0 Å². The van der Waals surface area contributed by atoms with Gasteiger partial charge in [-0.1, -0.05) is 0 Å². The van der Waals surface area contributed by atoms with Crippen LogP contribution in [0.25, 0.3) is 5.65 Å². The Hall–Kier alpha value is -1.62. The fourth-order valence-electron chi connectivity index (χ4n) is 2.23. The van der Waals surface area contributed by atoms with E-state index in [9.17, 15) is 4.79 Å². The Labute approximate surface area is 98.4 Å². The van der Waals surface area contributed by atoms with Crippen molar-refractivity contribution in [3.63, 3.8) is 0 Å². The lowest BCUT2D eigenvalue weighted by molar-refractivity contribution is 0.0157. The van der Waals surface area contributed by atoms with Gasteiger partial charge in [-0.15, -0.1) is 0 Å². The van der Waals surface area contributed by atoms with Crippen LogP contribution in [0.5, 0.6) is 0 Å². The minimum Gasteiger partial charge on any atom is -0.378 e. The molecule has 1 atom stereocenters. The van der Waals surface area contributed by atoms with Crippen LogP contribution in [0.2, 0.25) is 0 Å². The van der Waals surface area contributed by atoms with Crippen molar-refractivity contribution in [3.05, 3.63) is 34.4 Å². The van der Waals surface area contributed by atoms with Gasteiger partial charge in [0, 0.05) is 31.4 Å². The third-order valence-electron chi connectivity index (χ3n) is 3.10. The van der Waals surface area contributed by atoms with Crippen molar-refractivity contribution in [3.8, 4) is 0 Å². The average Bonchev–Trinajstić information content (AvgIpc) is 2.71. The zero-order valence-electron chi connectivity index (χ0n) is 9.56. The number of ether oxygens (including phenoxy) is 1. The molecule has 3 heterocycles. The molecule has 1 aliphatic heterocycles. The number of aromatic nitrogens is 3. The number of pyridine rings is 1. The van der Waals surface area contributed by atoms with E-state index in [0.29, 0.717) is 5.65 Å². The Balaban J connectivity index is 1.82. The Morgan fingerprint density at radius 1 is 1.53 bits per heavy atom. The molecular weight excluding hydrogens is 218 g/mol. The van der Waals surface area contributed by atoms with E-state index in [2.05, 4.69) is 10.1 Å². The first-order valence-electron chi connectivity index (χ1n) is 6.00. The van der Waals surface area contributed by atoms with Gasteiger partial charge in [-0.25, -0.2) is 9.50 Å². The molecule has 0 aliphatic carbocycles. The summed E-state index contributed by atoms with van der Waals surface area (Å²) in [5.41, 5.74) is 0.653. The summed E-state index contributed by atoms with van der Waals surface area (Å²) < 4.78 is 7.43. The van der Waals surface area contributed by atoms with Crippen LogP contribution < -0.4 is 5.43 Å². The average molecular weight is 233 g/mol. The number of H-pyrrole nitrogens is 1. The normalized spacial score (nSPS) is 20.8. The Kier molecular flexibility index (Phi) is 2.68. The van der Waals surface area contributed by atoms with Crippen molar-refractivity contribution >= 4 is 5.65 Å². The number of rotatable bonds is 2. The van der Waals surface area contributed by atoms with E-state index in [1.807, 2.05) is 0 Å². The lowest BCUT2D eigenvalue weighted by Crippen LogP contribution is -2.21. The maximum absolute atomic E-state index is 11.2. The highest BCUT2D eigenvalue weighted by Crippen LogP contribution is 2.15. The summed E-state index contributed by atoms with van der Waals surface area (Å²) in [6.45, 7) is 0.850. The van der Waals surface area contributed by atoms with Gasteiger partial charge in [-0.3, -0.25) is 9.89 Å². The molecule has 0 saturated carbocycles. The highest BCUT2D eigenvalue weighted by molar-refractivity contribution is 5.36. The van der Waals surface area contributed by atoms with Crippen LogP contribution in [0.15, 0.2) is 23.1 Å². The minimum atomic E-state index is -0.0167. The Bertz CT molecular complexity index is 566. The molecule has 0 amide bonds. The van der Waals surface area contributed by atoms with Crippen molar-refractivity contribution < 1.29 is 4.74 Å². The summed E-state index contributed by atoms with van der Waals surface area (Å²) >= 11 is 0. The van der Waals surface area contributed by atoms with E-state index in [1.54, 1.807) is 10.7 Å². The van der Waals surface area contributed by atoms with E-state index < -0.39 is 0 Å². The molecule has 2 aromatic rings. The summed E-state index contributed by atoms with van der Waals surface area (Å²) in [5, 5.41) is 3.16. The van der Waals surface area contributed by atoms with Crippen LogP contribution in [0.3, 0.4) is 0 Å². The van der Waals surface area contributed by atoms with Gasteiger partial charge in [0.1, 0.15) is 5.82 Å². The largest absolute Gasteiger partial charge is 0.378 e. The fraction of sp³-hybridized carbons (Fsp3) is 0.500. The second kappa shape index (κ2) is 4.33. The van der Waals surface area contributed by atoms with E-state index >= 15 is 0 Å². The topological polar surface area (TPSA) is 59.4 Å². The number of nitrogens with zero attached hydrogens (tertiary/aromatic N) is 2. The van der Waals surface area contributed by atoms with Gasteiger partial charge < -0.3 is 4.74 Å². The number of hydrogen-bond acceptors (Lipinski definition) is 3. The highest BCUT2D eigenvalue weighted by atomic mass is 16.5. The third kappa shape index (κ3) is 2.24. The maximum atomic E-state index is 11.2. The third-order valence-corrected chi connectivity index (χ3v) is 3.10. The Morgan fingerprint density at radius 3 is 3.29 bits per heavy atom. The monoisotopic (exact) mass is 233 g/mol. The minimum absolute atomic E-state index is 0.0167. The van der Waals surface area contributed by atoms with Crippen molar-refractivity contribution in [1.29, 1.82) is 0 Å². The maximum Gasteiger partial charge on any atom is 0.183 e. The summed E-state index contributed by atoms with van der Waals surface area (Å²) in [6, 6.07) is 3.05. The molecule has 1 unspecified atom stereocenters. The molecule has 5 nitrogen and oxygen atoms in total. The van der Waals surface area contributed by atoms with Crippen LogP contribution in [0.4, 0.5) is 0 Å². The second-order valence-electron chi connectivity index (χ2n) is 4.45. The summed E-state index contributed by atoms with van der Waals surface area (Å²) in [5.74, 6) is 0.877. The molecular formula is C12H15N3O2. The molecule has 1 fully saturated rings. The van der Waals surface area contributed by atoms with Crippen molar-refractivity contribution in [2.75, 3.05) is 6.61 Å². The molecule has 0 bridgehead atoms. The van der Waals surface area contributed by atoms with Crippen molar-refractivity contribution in [2.24, 2.45) is 0 Å². The first kappa shape index (κ1) is 10.5. The van der Waals surface area contributed by atoms with Crippen molar-refractivity contribution in [1.82, 2.24) is 14.6 Å². The van der Waals surface area contributed by atoms with E-state index in [4.69, 9.17) is 4.74 Å². The molecule has 2 aromatic heterocycles. The van der Waals surface area contributed by atoms with Crippen LogP contribution in [0.1, 0.15) is 25.1 Å². The number of hydrogen-bond donors (Lipinski definition) is 1.